The molecule has 136 valence electrons. The molecule has 1 spiro atoms. The number of rotatable bonds is 2. The molecule has 3 heterocycles. The van der Waals surface area contributed by atoms with Gasteiger partial charge < -0.3 is 9.80 Å². The molecule has 25 heavy (non-hydrogen) atoms. The molecular weight excluding hydrogens is 308 g/mol. The number of likely N-dealkylation sites (tertiary alicyclic amines) is 1. The molecule has 1 aromatic heterocycles. The monoisotopic (exact) mass is 340 g/mol. The maximum Gasteiger partial charge on any atom is 0.0843 e. The van der Waals surface area contributed by atoms with Crippen LogP contribution in [-0.2, 0) is 14.1 Å². The van der Waals surface area contributed by atoms with Crippen molar-refractivity contribution in [2.24, 2.45) is 19.5 Å². The van der Waals surface area contributed by atoms with E-state index in [4.69, 9.17) is 0 Å². The fourth-order valence-electron chi connectivity index (χ4n) is 5.37. The highest BCUT2D eigenvalue weighted by Crippen LogP contribution is 2.43. The van der Waals surface area contributed by atoms with E-state index in [0.29, 0.717) is 5.41 Å². The van der Waals surface area contributed by atoms with E-state index < -0.39 is 0 Å². The minimum absolute atomic E-state index is 0.646. The number of aromatic nitrogens is 2. The molecule has 1 saturated carbocycles. The van der Waals surface area contributed by atoms with Crippen LogP contribution in [-0.4, -0.2) is 46.5 Å². The Bertz CT molecular complexity index is 748. The molecule has 2 saturated heterocycles. The number of anilines is 1. The van der Waals surface area contributed by atoms with Crippen LogP contribution in [0.2, 0.25) is 0 Å². The fraction of sp³-hybridized carbons (Fsp3) is 0.714. The number of benzene rings is 1. The van der Waals surface area contributed by atoms with Crippen LogP contribution in [0, 0.1) is 5.41 Å². The number of aryl methyl sites for hydroxylation is 2. The number of fused-ring (bicyclic) bond motifs is 1. The van der Waals surface area contributed by atoms with Gasteiger partial charge in [-0.1, -0.05) is 6.42 Å². The lowest BCUT2D eigenvalue weighted by Crippen LogP contribution is -2.50. The van der Waals surface area contributed by atoms with Gasteiger partial charge in [0.25, 0.3) is 0 Å². The van der Waals surface area contributed by atoms with E-state index in [-0.39, 0.29) is 0 Å². The molecule has 3 fully saturated rings. The number of nitrogens with zero attached hydrogens (tertiary/aromatic N) is 4. The third-order valence-electron chi connectivity index (χ3n) is 7.75. The molecule has 5 rings (SSSR count). The number of hydrogen-bond donors (Lipinski definition) is 0. The Morgan fingerprint density at radius 3 is 2.12 bits per heavy atom. The Kier molecular flexibility index (Phi) is 3.67. The first-order valence-electron chi connectivity index (χ1n) is 10.3. The van der Waals surface area contributed by atoms with Crippen molar-refractivity contribution in [3.63, 3.8) is 0 Å². The van der Waals surface area contributed by atoms with E-state index in [0.717, 1.165) is 6.04 Å². The van der Waals surface area contributed by atoms with Gasteiger partial charge in [0.15, 0.2) is 0 Å². The van der Waals surface area contributed by atoms with Gasteiger partial charge in [-0.3, -0.25) is 9.36 Å². The summed E-state index contributed by atoms with van der Waals surface area (Å²) in [5.74, 6) is 0. The summed E-state index contributed by atoms with van der Waals surface area (Å²) in [6.45, 7) is 5.20. The summed E-state index contributed by atoms with van der Waals surface area (Å²) in [5.41, 5.74) is 4.78. The maximum absolute atomic E-state index is 2.80. The zero-order chi connectivity index (χ0) is 17.0. The van der Waals surface area contributed by atoms with Crippen LogP contribution in [0.15, 0.2) is 18.2 Å². The topological polar surface area (TPSA) is 16.3 Å². The van der Waals surface area contributed by atoms with Crippen LogP contribution in [0.4, 0.5) is 5.69 Å². The van der Waals surface area contributed by atoms with E-state index in [1.165, 1.54) is 87.8 Å². The second-order valence-corrected chi connectivity index (χ2v) is 8.83. The van der Waals surface area contributed by atoms with Crippen molar-refractivity contribution in [2.45, 2.75) is 51.0 Å². The SMILES string of the molecule is Cn1c2ccc(N3CCC4(CC3)CCN(C3CCC3)CC4)cc2n1C. The lowest BCUT2D eigenvalue weighted by atomic mass is 9.70. The summed E-state index contributed by atoms with van der Waals surface area (Å²) >= 11 is 0. The molecule has 0 atom stereocenters. The second kappa shape index (κ2) is 5.80. The summed E-state index contributed by atoms with van der Waals surface area (Å²) in [7, 11) is 4.27. The Balaban J connectivity index is 1.23. The highest BCUT2D eigenvalue weighted by atomic mass is 15.4. The second-order valence-electron chi connectivity index (χ2n) is 8.83. The fourth-order valence-corrected chi connectivity index (χ4v) is 5.37. The average Bonchev–Trinajstić information content (AvgIpc) is 2.62. The maximum atomic E-state index is 2.80. The van der Waals surface area contributed by atoms with Crippen LogP contribution in [0.3, 0.4) is 0 Å². The summed E-state index contributed by atoms with van der Waals surface area (Å²) in [6.07, 6.45) is 10.0. The molecule has 0 N–H and O–H groups in total. The molecule has 1 aromatic carbocycles. The predicted molar refractivity (Wildman–Crippen MR) is 104 cm³/mol. The van der Waals surface area contributed by atoms with Gasteiger partial charge in [-0.2, -0.15) is 0 Å². The molecule has 3 aliphatic rings. The minimum atomic E-state index is 0.646. The van der Waals surface area contributed by atoms with Crippen molar-refractivity contribution in [3.8, 4) is 0 Å². The minimum Gasteiger partial charge on any atom is -0.371 e. The van der Waals surface area contributed by atoms with E-state index in [1.807, 2.05) is 0 Å². The first-order chi connectivity index (χ1) is 12.2. The Labute approximate surface area is 151 Å². The van der Waals surface area contributed by atoms with Gasteiger partial charge in [0, 0.05) is 38.9 Å². The molecule has 0 amide bonds. The lowest BCUT2D eigenvalue weighted by Gasteiger charge is -2.50. The lowest BCUT2D eigenvalue weighted by molar-refractivity contribution is 0.0306. The van der Waals surface area contributed by atoms with Crippen LogP contribution in [0.25, 0.3) is 11.0 Å². The zero-order valence-corrected chi connectivity index (χ0v) is 15.9. The molecular formula is C21H32N4. The zero-order valence-electron chi connectivity index (χ0n) is 15.9. The molecule has 4 nitrogen and oxygen atoms in total. The third-order valence-corrected chi connectivity index (χ3v) is 7.75. The third kappa shape index (κ3) is 2.52. The van der Waals surface area contributed by atoms with Gasteiger partial charge in [-0.05, 0) is 75.2 Å². The normalized spacial score (nSPS) is 25.0. The van der Waals surface area contributed by atoms with Crippen LogP contribution >= 0.6 is 0 Å². The molecule has 1 aliphatic carbocycles. The van der Waals surface area contributed by atoms with Gasteiger partial charge in [-0.15, -0.1) is 0 Å². The van der Waals surface area contributed by atoms with E-state index in [1.54, 1.807) is 0 Å². The Morgan fingerprint density at radius 1 is 0.840 bits per heavy atom. The van der Waals surface area contributed by atoms with E-state index in [9.17, 15) is 0 Å². The summed E-state index contributed by atoms with van der Waals surface area (Å²) in [4.78, 5) is 5.42. The van der Waals surface area contributed by atoms with Crippen LogP contribution in [0.1, 0.15) is 44.9 Å². The van der Waals surface area contributed by atoms with Gasteiger partial charge >= 0.3 is 0 Å². The quantitative estimate of drug-likeness (QED) is 0.828. The first kappa shape index (κ1) is 15.8. The number of piperidine rings is 2. The van der Waals surface area contributed by atoms with Crippen molar-refractivity contribution in [1.82, 2.24) is 14.3 Å². The Hall–Kier alpha value is -1.42. The van der Waals surface area contributed by atoms with Crippen molar-refractivity contribution in [1.29, 1.82) is 0 Å². The smallest absolute Gasteiger partial charge is 0.0843 e. The van der Waals surface area contributed by atoms with Crippen molar-refractivity contribution in [3.05, 3.63) is 18.2 Å². The van der Waals surface area contributed by atoms with Crippen molar-refractivity contribution in [2.75, 3.05) is 31.1 Å². The summed E-state index contributed by atoms with van der Waals surface area (Å²) in [5, 5.41) is 0. The molecule has 0 unspecified atom stereocenters. The van der Waals surface area contributed by atoms with Gasteiger partial charge in [0.2, 0.25) is 0 Å². The standard InChI is InChI=1S/C21H32N4/c1-22-19-7-6-18(16-20(19)23(22)2)25-14-10-21(11-15-25)8-12-24(13-9-21)17-4-3-5-17/h6-7,16-17H,3-5,8-15H2,1-2H3. The van der Waals surface area contributed by atoms with E-state index in [2.05, 4.69) is 51.5 Å². The Morgan fingerprint density at radius 2 is 1.48 bits per heavy atom. The molecule has 2 aliphatic heterocycles. The predicted octanol–water partition coefficient (Wildman–Crippen LogP) is 3.75. The molecule has 0 bridgehead atoms. The van der Waals surface area contributed by atoms with Crippen molar-refractivity contribution >= 4 is 16.7 Å². The number of hydrogen-bond acceptors (Lipinski definition) is 2. The summed E-state index contributed by atoms with van der Waals surface area (Å²) in [6, 6.07) is 7.92. The highest BCUT2D eigenvalue weighted by molar-refractivity contribution is 5.82. The largest absolute Gasteiger partial charge is 0.371 e. The van der Waals surface area contributed by atoms with Gasteiger partial charge in [-0.25, -0.2) is 0 Å². The van der Waals surface area contributed by atoms with Crippen LogP contribution in [0.5, 0.6) is 0 Å². The highest BCUT2D eigenvalue weighted by Gasteiger charge is 2.39. The first-order valence-corrected chi connectivity index (χ1v) is 10.3. The molecule has 0 radical (unpaired) electrons. The summed E-state index contributed by atoms with van der Waals surface area (Å²) < 4.78 is 4.45. The van der Waals surface area contributed by atoms with Crippen LogP contribution < -0.4 is 4.90 Å². The molecule has 2 aromatic rings. The average molecular weight is 341 g/mol. The van der Waals surface area contributed by atoms with Gasteiger partial charge in [0.05, 0.1) is 11.0 Å². The van der Waals surface area contributed by atoms with Gasteiger partial charge in [0.1, 0.15) is 0 Å². The van der Waals surface area contributed by atoms with Crippen molar-refractivity contribution < 1.29 is 0 Å². The van der Waals surface area contributed by atoms with E-state index >= 15 is 0 Å². The molecule has 4 heteroatoms.